The molecule has 0 spiro atoms. The molecule has 0 saturated carbocycles. The highest BCUT2D eigenvalue weighted by Gasteiger charge is 2.39. The number of halogens is 1. The molecule has 2 aromatic rings. The van der Waals surface area contributed by atoms with Crippen LogP contribution in [0.15, 0.2) is 63.4 Å². The maximum atomic E-state index is 13.2. The van der Waals surface area contributed by atoms with Crippen LogP contribution in [0.1, 0.15) is 6.92 Å². The standard InChI is InChI=1S/C18H13FN2OS3/c1-2-20-13-5-3-4-6-14(13)24-17(20)15-16(22)21(18(23)25-15)12-9-7-11(19)8-10-12/h3-10H,2H2,1H3/b17-15-. The molecule has 7 heteroatoms. The third-order valence-corrected chi connectivity index (χ3v) is 6.65. The Morgan fingerprint density at radius 3 is 2.52 bits per heavy atom. The van der Waals surface area contributed by atoms with Crippen LogP contribution in [-0.2, 0) is 4.79 Å². The van der Waals surface area contributed by atoms with Crippen molar-refractivity contribution >= 4 is 57.3 Å². The van der Waals surface area contributed by atoms with E-state index in [0.717, 1.165) is 22.2 Å². The summed E-state index contributed by atoms with van der Waals surface area (Å²) in [5, 5.41) is 0.908. The number of amides is 1. The van der Waals surface area contributed by atoms with E-state index in [4.69, 9.17) is 12.2 Å². The van der Waals surface area contributed by atoms with Crippen molar-refractivity contribution in [2.45, 2.75) is 11.8 Å². The lowest BCUT2D eigenvalue weighted by atomic mass is 10.2. The first-order chi connectivity index (χ1) is 12.1. The summed E-state index contributed by atoms with van der Waals surface area (Å²) >= 11 is 8.31. The lowest BCUT2D eigenvalue weighted by molar-refractivity contribution is -0.113. The topological polar surface area (TPSA) is 23.6 Å². The molecule has 4 rings (SSSR count). The first kappa shape index (κ1) is 16.6. The number of rotatable bonds is 2. The third kappa shape index (κ3) is 2.76. The highest BCUT2D eigenvalue weighted by atomic mass is 32.2. The molecule has 3 nitrogen and oxygen atoms in total. The summed E-state index contributed by atoms with van der Waals surface area (Å²) in [4.78, 5) is 18.4. The minimum atomic E-state index is -0.341. The summed E-state index contributed by atoms with van der Waals surface area (Å²) in [6.07, 6.45) is 0. The second kappa shape index (κ2) is 6.48. The Labute approximate surface area is 158 Å². The number of fused-ring (bicyclic) bond motifs is 1. The molecule has 2 aliphatic heterocycles. The van der Waals surface area contributed by atoms with Crippen LogP contribution in [0, 0.1) is 5.82 Å². The van der Waals surface area contributed by atoms with E-state index in [1.54, 1.807) is 23.9 Å². The van der Waals surface area contributed by atoms with Crippen LogP contribution in [0.5, 0.6) is 0 Å². The summed E-state index contributed by atoms with van der Waals surface area (Å²) in [7, 11) is 0. The van der Waals surface area contributed by atoms with Crippen molar-refractivity contribution < 1.29 is 9.18 Å². The van der Waals surface area contributed by atoms with Crippen LogP contribution in [0.3, 0.4) is 0 Å². The fourth-order valence-corrected chi connectivity index (χ4v) is 5.50. The van der Waals surface area contributed by atoms with Gasteiger partial charge in [0.25, 0.3) is 5.91 Å². The molecular weight excluding hydrogens is 375 g/mol. The average Bonchev–Trinajstić information content (AvgIpc) is 3.13. The van der Waals surface area contributed by atoms with Gasteiger partial charge >= 0.3 is 0 Å². The fourth-order valence-electron chi connectivity index (χ4n) is 2.83. The van der Waals surface area contributed by atoms with Crippen LogP contribution in [0.2, 0.25) is 0 Å². The Morgan fingerprint density at radius 2 is 1.80 bits per heavy atom. The normalized spacial score (nSPS) is 19.8. The molecule has 0 aliphatic carbocycles. The molecule has 0 aromatic heterocycles. The Morgan fingerprint density at radius 1 is 1.08 bits per heavy atom. The van der Waals surface area contributed by atoms with Crippen molar-refractivity contribution in [2.75, 3.05) is 16.3 Å². The number of hydrogen-bond donors (Lipinski definition) is 0. The molecule has 0 radical (unpaired) electrons. The van der Waals surface area contributed by atoms with E-state index in [9.17, 15) is 9.18 Å². The number of hydrogen-bond acceptors (Lipinski definition) is 5. The molecule has 0 N–H and O–H groups in total. The number of benzene rings is 2. The summed E-state index contributed by atoms with van der Waals surface area (Å²) < 4.78 is 13.6. The quantitative estimate of drug-likeness (QED) is 0.533. The number of nitrogens with zero attached hydrogens (tertiary/aromatic N) is 2. The Hall–Kier alpha value is -1.83. The minimum absolute atomic E-state index is 0.157. The van der Waals surface area contributed by atoms with Crippen molar-refractivity contribution in [1.29, 1.82) is 0 Å². The van der Waals surface area contributed by atoms with Gasteiger partial charge in [0.1, 0.15) is 15.8 Å². The predicted molar refractivity (Wildman–Crippen MR) is 106 cm³/mol. The number of anilines is 2. The van der Waals surface area contributed by atoms with Crippen molar-refractivity contribution in [3.63, 3.8) is 0 Å². The fraction of sp³-hybridized carbons (Fsp3) is 0.111. The second-order valence-corrected chi connectivity index (χ2v) is 8.11. The smallest absolute Gasteiger partial charge is 0.273 e. The van der Waals surface area contributed by atoms with E-state index < -0.39 is 0 Å². The first-order valence-electron chi connectivity index (χ1n) is 7.70. The molecule has 25 heavy (non-hydrogen) atoms. The van der Waals surface area contributed by atoms with Gasteiger partial charge in [-0.1, -0.05) is 47.9 Å². The van der Waals surface area contributed by atoms with Crippen molar-refractivity contribution in [3.8, 4) is 0 Å². The zero-order chi connectivity index (χ0) is 17.6. The van der Waals surface area contributed by atoms with E-state index in [2.05, 4.69) is 24.0 Å². The predicted octanol–water partition coefficient (Wildman–Crippen LogP) is 4.99. The molecule has 0 bridgehead atoms. The monoisotopic (exact) mass is 388 g/mol. The maximum absolute atomic E-state index is 13.2. The van der Waals surface area contributed by atoms with Crippen LogP contribution < -0.4 is 9.80 Å². The first-order valence-corrected chi connectivity index (χ1v) is 9.75. The zero-order valence-corrected chi connectivity index (χ0v) is 15.7. The van der Waals surface area contributed by atoms with Crippen molar-refractivity contribution in [1.82, 2.24) is 0 Å². The summed E-state index contributed by atoms with van der Waals surface area (Å²) in [5.41, 5.74) is 1.69. The molecule has 126 valence electrons. The summed E-state index contributed by atoms with van der Waals surface area (Å²) in [6, 6.07) is 13.9. The Balaban J connectivity index is 1.75. The molecule has 2 heterocycles. The lowest BCUT2D eigenvalue weighted by Gasteiger charge is -2.19. The zero-order valence-electron chi connectivity index (χ0n) is 13.2. The van der Waals surface area contributed by atoms with Gasteiger partial charge in [0.15, 0.2) is 4.32 Å². The molecule has 2 aromatic carbocycles. The minimum Gasteiger partial charge on any atom is -0.334 e. The van der Waals surface area contributed by atoms with Gasteiger partial charge in [-0.25, -0.2) is 4.39 Å². The highest BCUT2D eigenvalue weighted by molar-refractivity contribution is 8.27. The molecule has 1 saturated heterocycles. The SMILES string of the molecule is CCN1/C(=C2/SC(=S)N(c3ccc(F)cc3)C2=O)Sc2ccccc21. The summed E-state index contributed by atoms with van der Waals surface area (Å²) in [5.74, 6) is -0.498. The molecule has 1 amide bonds. The van der Waals surface area contributed by atoms with E-state index in [1.165, 1.54) is 28.8 Å². The van der Waals surface area contributed by atoms with Gasteiger partial charge in [0.05, 0.1) is 11.4 Å². The van der Waals surface area contributed by atoms with Crippen molar-refractivity contribution in [2.24, 2.45) is 0 Å². The van der Waals surface area contributed by atoms with Crippen molar-refractivity contribution in [3.05, 3.63) is 64.3 Å². The maximum Gasteiger partial charge on any atom is 0.273 e. The van der Waals surface area contributed by atoms with Crippen LogP contribution in [0.25, 0.3) is 0 Å². The van der Waals surface area contributed by atoms with Gasteiger partial charge < -0.3 is 4.90 Å². The second-order valence-electron chi connectivity index (χ2n) is 5.43. The highest BCUT2D eigenvalue weighted by Crippen LogP contribution is 2.50. The van der Waals surface area contributed by atoms with E-state index in [0.29, 0.717) is 14.9 Å². The van der Waals surface area contributed by atoms with Gasteiger partial charge in [-0.2, -0.15) is 0 Å². The van der Waals surface area contributed by atoms with Gasteiger partial charge in [0, 0.05) is 11.4 Å². The molecule has 0 atom stereocenters. The van der Waals surface area contributed by atoms with Gasteiger partial charge in [-0.3, -0.25) is 9.69 Å². The molecular formula is C18H13FN2OS3. The largest absolute Gasteiger partial charge is 0.334 e. The third-order valence-electron chi connectivity index (χ3n) is 3.97. The number of carbonyl (C=O) groups is 1. The summed E-state index contributed by atoms with van der Waals surface area (Å²) in [6.45, 7) is 2.82. The van der Waals surface area contributed by atoms with E-state index >= 15 is 0 Å². The van der Waals surface area contributed by atoms with Gasteiger partial charge in [0.2, 0.25) is 0 Å². The molecule has 2 aliphatic rings. The lowest BCUT2D eigenvalue weighted by Crippen LogP contribution is -2.28. The number of thiocarbonyl (C=S) groups is 1. The number of thioether (sulfide) groups is 2. The van der Waals surface area contributed by atoms with Crippen LogP contribution in [0.4, 0.5) is 15.8 Å². The molecule has 1 fully saturated rings. The number of para-hydroxylation sites is 1. The number of carbonyl (C=O) groups excluding carboxylic acids is 1. The van der Waals surface area contributed by atoms with Gasteiger partial charge in [-0.15, -0.1) is 0 Å². The average molecular weight is 389 g/mol. The van der Waals surface area contributed by atoms with E-state index in [1.807, 2.05) is 12.1 Å². The molecule has 0 unspecified atom stereocenters. The Kier molecular flexibility index (Phi) is 4.31. The van der Waals surface area contributed by atoms with Crippen LogP contribution >= 0.6 is 35.7 Å². The van der Waals surface area contributed by atoms with Gasteiger partial charge in [-0.05, 0) is 43.3 Å². The van der Waals surface area contributed by atoms with E-state index in [-0.39, 0.29) is 11.7 Å². The Bertz CT molecular complexity index is 911. The van der Waals surface area contributed by atoms with Crippen LogP contribution in [-0.4, -0.2) is 16.8 Å².